The molecule has 6 atom stereocenters. The fraction of sp³-hybridized carbons (Fsp3) is 0.537. The van der Waals surface area contributed by atoms with Gasteiger partial charge in [0.05, 0.1) is 11.0 Å². The number of imidazole rings is 1. The summed E-state index contributed by atoms with van der Waals surface area (Å²) < 4.78 is 2.45. The Morgan fingerprint density at radius 3 is 1.80 bits per heavy atom. The highest BCUT2D eigenvalue weighted by Gasteiger charge is 2.64. The lowest BCUT2D eigenvalue weighted by molar-refractivity contribution is 0.130. The molecular weight excluding hydrogens is 536 g/mol. The van der Waals surface area contributed by atoms with Gasteiger partial charge in [0, 0.05) is 13.0 Å². The van der Waals surface area contributed by atoms with Crippen molar-refractivity contribution >= 4 is 11.0 Å². The Morgan fingerprint density at radius 2 is 1.27 bits per heavy atom. The average molecular weight is 587 g/mol. The molecule has 1 aromatic heterocycles. The Balaban J connectivity index is 1.27. The minimum absolute atomic E-state index is 0.211. The van der Waals surface area contributed by atoms with Crippen LogP contribution < -0.4 is 0 Å². The minimum Gasteiger partial charge on any atom is -0.507 e. The van der Waals surface area contributed by atoms with Gasteiger partial charge in [0.15, 0.2) is 0 Å². The maximum absolute atomic E-state index is 12.4. The van der Waals surface area contributed by atoms with Crippen LogP contribution in [0, 0.1) is 33.5 Å². The molecule has 0 unspecified atom stereocenters. The van der Waals surface area contributed by atoms with E-state index in [1.54, 1.807) is 0 Å². The molecule has 0 spiro atoms. The number of nitrogens with zero attached hydrogens (tertiary/aromatic N) is 2. The van der Waals surface area contributed by atoms with Crippen molar-refractivity contribution in [2.24, 2.45) is 33.5 Å². The number of phenolic OH excluding ortho intramolecular Hbond substituents is 1. The van der Waals surface area contributed by atoms with Crippen LogP contribution in [0.1, 0.15) is 120 Å². The second-order valence-electron chi connectivity index (χ2n) is 16.7. The third-order valence-electron chi connectivity index (χ3n) is 14.8. The first-order valence-electron chi connectivity index (χ1n) is 17.3. The Bertz CT molecular complexity index is 1680. The molecule has 0 saturated heterocycles. The highest BCUT2D eigenvalue weighted by Crippen LogP contribution is 2.74. The van der Waals surface area contributed by atoms with Crippen LogP contribution >= 0.6 is 0 Å². The Morgan fingerprint density at radius 1 is 0.727 bits per heavy atom. The van der Waals surface area contributed by atoms with E-state index in [0.29, 0.717) is 28.4 Å². The van der Waals surface area contributed by atoms with Gasteiger partial charge in [0.1, 0.15) is 11.6 Å². The first-order valence-corrected chi connectivity index (χ1v) is 17.3. The maximum Gasteiger partial charge on any atom is 0.122 e. The summed E-state index contributed by atoms with van der Waals surface area (Å²) in [5.74, 6) is 4.00. The molecule has 3 heteroatoms. The largest absolute Gasteiger partial charge is 0.507 e. The summed E-state index contributed by atoms with van der Waals surface area (Å²) >= 11 is 0. The van der Waals surface area contributed by atoms with Crippen molar-refractivity contribution in [2.45, 2.75) is 105 Å². The highest BCUT2D eigenvalue weighted by molar-refractivity contribution is 5.76. The smallest absolute Gasteiger partial charge is 0.122 e. The number of aromatic hydroxyl groups is 1. The molecule has 4 saturated carbocycles. The fourth-order valence-corrected chi connectivity index (χ4v) is 11.1. The van der Waals surface area contributed by atoms with E-state index in [-0.39, 0.29) is 10.8 Å². The van der Waals surface area contributed by atoms with Gasteiger partial charge in [-0.15, -0.1) is 0 Å². The number of para-hydroxylation sites is 2. The number of fused-ring (bicyclic) bond motifs is 5. The molecule has 3 aromatic carbocycles. The second-order valence-corrected chi connectivity index (χ2v) is 16.7. The van der Waals surface area contributed by atoms with Crippen LogP contribution in [0.15, 0.2) is 66.7 Å². The highest BCUT2D eigenvalue weighted by atomic mass is 16.3. The summed E-state index contributed by atoms with van der Waals surface area (Å²) in [4.78, 5) is 5.16. The molecule has 230 valence electrons. The molecule has 4 aliphatic rings. The quantitative estimate of drug-likeness (QED) is 0.244. The molecule has 0 aliphatic heterocycles. The van der Waals surface area contributed by atoms with Gasteiger partial charge in [0.2, 0.25) is 0 Å². The molecule has 44 heavy (non-hydrogen) atoms. The normalized spacial score (nSPS) is 33.0. The number of hydrogen-bond donors (Lipinski definition) is 1. The zero-order chi connectivity index (χ0) is 30.6. The van der Waals surface area contributed by atoms with Crippen molar-refractivity contribution in [3.8, 4) is 5.75 Å². The first-order chi connectivity index (χ1) is 20.9. The predicted octanol–water partition coefficient (Wildman–Crippen LogP) is 10.2. The van der Waals surface area contributed by atoms with Gasteiger partial charge in [0.25, 0.3) is 0 Å². The number of rotatable bonds is 6. The zero-order valence-corrected chi connectivity index (χ0v) is 27.7. The van der Waals surface area contributed by atoms with Crippen molar-refractivity contribution < 1.29 is 5.11 Å². The van der Waals surface area contributed by atoms with E-state index in [0.717, 1.165) is 36.1 Å². The van der Waals surface area contributed by atoms with Crippen LogP contribution in [0.25, 0.3) is 11.0 Å². The molecule has 4 fully saturated rings. The SMILES string of the molecule is CC1(C)[C@@H]2CC[C@@]1(C)[C@H](c1cc(Cn3c(Cc4ccccc4)nc4ccccc43)cc([C@H]3C[C@@H]4CC[C@@]3(C)C4(C)C)c1O)C2. The van der Waals surface area contributed by atoms with E-state index in [2.05, 4.69) is 113 Å². The van der Waals surface area contributed by atoms with Crippen molar-refractivity contribution in [2.75, 3.05) is 0 Å². The molecule has 0 radical (unpaired) electrons. The standard InChI is InChI=1S/C41H50N2O/c1-38(2)28-16-18-40(38,5)32(23-28)30-20-27(21-31(37(30)44)33-24-29-17-19-41(33,6)39(29,3)4)25-43-35-15-11-10-14-34(35)42-36(43)22-26-12-8-7-9-13-26/h7-15,20-21,28-29,32-33,44H,16-19,22-25H2,1-6H3/t28-,29+,32+,33-,40+,41-. The summed E-state index contributed by atoms with van der Waals surface area (Å²) in [6.45, 7) is 15.8. The number of phenols is 1. The number of benzene rings is 3. The summed E-state index contributed by atoms with van der Waals surface area (Å²) in [7, 11) is 0. The zero-order valence-electron chi connectivity index (χ0n) is 27.7. The van der Waals surface area contributed by atoms with Gasteiger partial charge in [-0.3, -0.25) is 0 Å². The molecule has 1 heterocycles. The topological polar surface area (TPSA) is 38.0 Å². The lowest BCUT2D eigenvalue weighted by atomic mass is 9.63. The minimum atomic E-state index is 0.211. The maximum atomic E-state index is 12.4. The molecular formula is C41H50N2O. The van der Waals surface area contributed by atoms with Gasteiger partial charge in [-0.1, -0.05) is 96.1 Å². The Hall–Kier alpha value is -3.07. The van der Waals surface area contributed by atoms with Crippen molar-refractivity contribution in [3.05, 3.63) is 94.8 Å². The van der Waals surface area contributed by atoms with E-state index in [1.165, 1.54) is 66.3 Å². The van der Waals surface area contributed by atoms with Crippen LogP contribution in [-0.4, -0.2) is 14.7 Å². The number of hydrogen-bond acceptors (Lipinski definition) is 2. The average Bonchev–Trinajstić information content (AvgIpc) is 3.65. The molecule has 4 aromatic rings. The van der Waals surface area contributed by atoms with E-state index in [9.17, 15) is 5.11 Å². The predicted molar refractivity (Wildman–Crippen MR) is 180 cm³/mol. The van der Waals surface area contributed by atoms with Crippen molar-refractivity contribution in [1.82, 2.24) is 9.55 Å². The van der Waals surface area contributed by atoms with E-state index < -0.39 is 0 Å². The Labute approximate surface area is 264 Å². The molecule has 1 N–H and O–H groups in total. The Kier molecular flexibility index (Phi) is 6.12. The van der Waals surface area contributed by atoms with E-state index >= 15 is 0 Å². The van der Waals surface area contributed by atoms with Gasteiger partial charge in [-0.05, 0) is 118 Å². The van der Waals surface area contributed by atoms with Gasteiger partial charge >= 0.3 is 0 Å². The van der Waals surface area contributed by atoms with Crippen molar-refractivity contribution in [1.29, 1.82) is 0 Å². The lowest BCUT2D eigenvalue weighted by Crippen LogP contribution is -2.32. The van der Waals surface area contributed by atoms with E-state index in [4.69, 9.17) is 4.98 Å². The summed E-state index contributed by atoms with van der Waals surface area (Å²) in [5.41, 5.74) is 8.32. The van der Waals surface area contributed by atoms with Crippen LogP contribution in [0.4, 0.5) is 0 Å². The monoisotopic (exact) mass is 586 g/mol. The third kappa shape index (κ3) is 3.77. The summed E-state index contributed by atoms with van der Waals surface area (Å²) in [5, 5.41) is 12.4. The van der Waals surface area contributed by atoms with Crippen LogP contribution in [0.2, 0.25) is 0 Å². The molecule has 0 amide bonds. The van der Waals surface area contributed by atoms with Crippen LogP contribution in [0.5, 0.6) is 5.75 Å². The van der Waals surface area contributed by atoms with Gasteiger partial charge in [-0.25, -0.2) is 4.98 Å². The van der Waals surface area contributed by atoms with Gasteiger partial charge < -0.3 is 9.67 Å². The number of aromatic nitrogens is 2. The first kappa shape index (κ1) is 28.4. The molecule has 4 bridgehead atoms. The molecule has 3 nitrogen and oxygen atoms in total. The van der Waals surface area contributed by atoms with Crippen LogP contribution in [-0.2, 0) is 13.0 Å². The van der Waals surface area contributed by atoms with E-state index in [1.807, 2.05) is 0 Å². The second kappa shape index (κ2) is 9.47. The van der Waals surface area contributed by atoms with Crippen molar-refractivity contribution in [3.63, 3.8) is 0 Å². The van der Waals surface area contributed by atoms with Gasteiger partial charge in [-0.2, -0.15) is 0 Å². The summed E-state index contributed by atoms with van der Waals surface area (Å²) in [6, 6.07) is 24.1. The third-order valence-corrected chi connectivity index (χ3v) is 14.8. The molecule has 4 aliphatic carbocycles. The molecule has 8 rings (SSSR count). The lowest BCUT2D eigenvalue weighted by Gasteiger charge is -2.42. The fourth-order valence-electron chi connectivity index (χ4n) is 11.1. The summed E-state index contributed by atoms with van der Waals surface area (Å²) in [6.07, 6.45) is 8.38. The van der Waals surface area contributed by atoms with Crippen LogP contribution in [0.3, 0.4) is 0 Å².